The van der Waals surface area contributed by atoms with Gasteiger partial charge in [-0.15, -0.1) is 0 Å². The largest absolute Gasteiger partial charge is 0.348 e. The van der Waals surface area contributed by atoms with Crippen molar-refractivity contribution in [1.29, 1.82) is 0 Å². The van der Waals surface area contributed by atoms with Crippen LogP contribution in [-0.2, 0) is 10.0 Å². The molecule has 8 heteroatoms. The number of H-pyrrole nitrogens is 1. The van der Waals surface area contributed by atoms with Gasteiger partial charge in [0.15, 0.2) is 0 Å². The normalized spacial score (nSPS) is 11.1. The lowest BCUT2D eigenvalue weighted by Crippen LogP contribution is -2.42. The van der Waals surface area contributed by atoms with Crippen LogP contribution < -0.4 is 16.1 Å². The summed E-state index contributed by atoms with van der Waals surface area (Å²) in [4.78, 5) is 26.8. The van der Waals surface area contributed by atoms with Gasteiger partial charge in [-0.1, -0.05) is 18.2 Å². The molecule has 0 aliphatic heterocycles. The topological polar surface area (TPSA) is 101 Å². The van der Waals surface area contributed by atoms with Gasteiger partial charge in [-0.2, -0.15) is 13.1 Å². The molecule has 0 fully saturated rings. The lowest BCUT2D eigenvalue weighted by atomic mass is 10.4. The number of aromatic nitrogens is 2. The van der Waals surface area contributed by atoms with E-state index < -0.39 is 21.3 Å². The Morgan fingerprint density at radius 3 is 2.33 bits per heavy atom. The summed E-state index contributed by atoms with van der Waals surface area (Å²) in [6.45, 7) is 0. The highest BCUT2D eigenvalue weighted by Gasteiger charge is 2.15. The highest BCUT2D eigenvalue weighted by molar-refractivity contribution is 7.92. The summed E-state index contributed by atoms with van der Waals surface area (Å²) in [7, 11) is -3.97. The van der Waals surface area contributed by atoms with Crippen LogP contribution >= 0.6 is 0 Å². The molecule has 0 spiro atoms. The third-order valence-electron chi connectivity index (χ3n) is 2.12. The van der Waals surface area contributed by atoms with E-state index in [1.165, 1.54) is 24.3 Å². The zero-order valence-corrected chi connectivity index (χ0v) is 9.85. The molecule has 0 saturated carbocycles. The first-order valence-corrected chi connectivity index (χ1v) is 6.38. The first kappa shape index (κ1) is 12.1. The summed E-state index contributed by atoms with van der Waals surface area (Å²) < 4.78 is 24.2. The van der Waals surface area contributed by atoms with Gasteiger partial charge < -0.3 is 4.98 Å². The lowest BCUT2D eigenvalue weighted by molar-refractivity contribution is 0.592. The van der Waals surface area contributed by atoms with E-state index in [1.54, 1.807) is 6.07 Å². The van der Waals surface area contributed by atoms with Crippen molar-refractivity contribution in [3.63, 3.8) is 0 Å². The summed E-state index contributed by atoms with van der Waals surface area (Å²) in [5, 5.41) is 0. The molecule has 0 amide bonds. The van der Waals surface area contributed by atoms with Gasteiger partial charge in [0.2, 0.25) is 0 Å². The van der Waals surface area contributed by atoms with Crippen molar-refractivity contribution in [2.24, 2.45) is 0 Å². The Morgan fingerprint density at radius 1 is 1.06 bits per heavy atom. The fourth-order valence-corrected chi connectivity index (χ4v) is 2.32. The molecule has 7 nitrogen and oxygen atoms in total. The van der Waals surface area contributed by atoms with Gasteiger partial charge in [0.05, 0.1) is 4.90 Å². The molecule has 0 radical (unpaired) electrons. The van der Waals surface area contributed by atoms with Gasteiger partial charge in [-0.3, -0.25) is 4.79 Å². The minimum absolute atomic E-state index is 0.0415. The Bertz CT molecular complexity index is 733. The van der Waals surface area contributed by atoms with Crippen LogP contribution in [0.15, 0.2) is 57.1 Å². The molecule has 94 valence electrons. The zero-order chi connectivity index (χ0) is 13.2. The Balaban J connectivity index is 2.47. The monoisotopic (exact) mass is 267 g/mol. The summed E-state index contributed by atoms with van der Waals surface area (Å²) in [6, 6.07) is 8.46. The third kappa shape index (κ3) is 2.33. The van der Waals surface area contributed by atoms with Crippen molar-refractivity contribution in [3.05, 3.63) is 63.4 Å². The number of rotatable bonds is 3. The van der Waals surface area contributed by atoms with E-state index in [0.717, 1.165) is 12.3 Å². The van der Waals surface area contributed by atoms with Crippen LogP contribution in [0.4, 0.5) is 0 Å². The third-order valence-corrected chi connectivity index (χ3v) is 3.44. The number of nitrogens with one attached hydrogen (secondary N) is 2. The molecule has 18 heavy (non-hydrogen) atoms. The van der Waals surface area contributed by atoms with Crippen LogP contribution in [0, 0.1) is 0 Å². The summed E-state index contributed by atoms with van der Waals surface area (Å²) in [5.41, 5.74) is -1.62. The number of sulfonamides is 1. The fourth-order valence-electron chi connectivity index (χ4n) is 1.28. The highest BCUT2D eigenvalue weighted by Crippen LogP contribution is 2.06. The molecule has 0 aliphatic rings. The predicted octanol–water partition coefficient (Wildman–Crippen LogP) is -0.531. The first-order chi connectivity index (χ1) is 8.50. The van der Waals surface area contributed by atoms with Crippen molar-refractivity contribution >= 4 is 10.0 Å². The molecule has 2 rings (SSSR count). The van der Waals surface area contributed by atoms with E-state index in [1.807, 2.05) is 4.83 Å². The standard InChI is InChI=1S/C10H9N3O4S/c14-9-6-7-11-10(15)13(9)12-18(16,17)8-4-2-1-3-5-8/h1-7,12H,(H,11,15). The second kappa shape index (κ2) is 4.49. The number of benzene rings is 1. The lowest BCUT2D eigenvalue weighted by Gasteiger charge is -2.08. The number of hydrogen-bond donors (Lipinski definition) is 2. The smallest absolute Gasteiger partial charge is 0.312 e. The summed E-state index contributed by atoms with van der Waals surface area (Å²) in [5.74, 6) is 0. The van der Waals surface area contributed by atoms with Crippen LogP contribution in [0.25, 0.3) is 0 Å². The molecular weight excluding hydrogens is 258 g/mol. The second-order valence-electron chi connectivity index (χ2n) is 3.36. The molecule has 2 N–H and O–H groups in total. The minimum atomic E-state index is -3.97. The van der Waals surface area contributed by atoms with Crippen molar-refractivity contribution in [1.82, 2.24) is 9.66 Å². The van der Waals surface area contributed by atoms with Crippen molar-refractivity contribution in [3.8, 4) is 0 Å². The number of nitrogens with zero attached hydrogens (tertiary/aromatic N) is 1. The summed E-state index contributed by atoms with van der Waals surface area (Å²) >= 11 is 0. The minimum Gasteiger partial charge on any atom is -0.312 e. The van der Waals surface area contributed by atoms with Crippen LogP contribution in [0.3, 0.4) is 0 Å². The number of hydrogen-bond acceptors (Lipinski definition) is 4. The van der Waals surface area contributed by atoms with Gasteiger partial charge in [0, 0.05) is 12.3 Å². The van der Waals surface area contributed by atoms with Crippen LogP contribution in [-0.4, -0.2) is 18.1 Å². The molecule has 2 aromatic rings. The molecule has 1 aromatic heterocycles. The van der Waals surface area contributed by atoms with E-state index in [0.29, 0.717) is 4.68 Å². The number of aromatic amines is 1. The van der Waals surface area contributed by atoms with Crippen molar-refractivity contribution < 1.29 is 8.42 Å². The second-order valence-corrected chi connectivity index (χ2v) is 5.03. The van der Waals surface area contributed by atoms with Gasteiger partial charge in [-0.05, 0) is 12.1 Å². The van der Waals surface area contributed by atoms with Crippen LogP contribution in [0.2, 0.25) is 0 Å². The van der Waals surface area contributed by atoms with E-state index in [-0.39, 0.29) is 4.90 Å². The van der Waals surface area contributed by atoms with Crippen LogP contribution in [0.5, 0.6) is 0 Å². The van der Waals surface area contributed by atoms with E-state index in [9.17, 15) is 18.0 Å². The van der Waals surface area contributed by atoms with Gasteiger partial charge >= 0.3 is 5.69 Å². The van der Waals surface area contributed by atoms with E-state index in [2.05, 4.69) is 4.98 Å². The Morgan fingerprint density at radius 2 is 1.72 bits per heavy atom. The molecule has 1 heterocycles. The van der Waals surface area contributed by atoms with Crippen molar-refractivity contribution in [2.45, 2.75) is 4.90 Å². The molecule has 0 aliphatic carbocycles. The Hall–Kier alpha value is -2.35. The predicted molar refractivity (Wildman–Crippen MR) is 64.3 cm³/mol. The average Bonchev–Trinajstić information content (AvgIpc) is 2.35. The fraction of sp³-hybridized carbons (Fsp3) is 0. The Kier molecular flexibility index (Phi) is 3.02. The SMILES string of the molecule is O=c1cc[nH]c(=O)n1NS(=O)(=O)c1ccccc1. The molecule has 1 aromatic carbocycles. The molecule has 0 atom stereocenters. The summed E-state index contributed by atoms with van der Waals surface area (Å²) in [6.07, 6.45) is 1.14. The van der Waals surface area contributed by atoms with Crippen molar-refractivity contribution in [2.75, 3.05) is 4.83 Å². The van der Waals surface area contributed by atoms with Gasteiger partial charge in [0.1, 0.15) is 0 Å². The molecule has 0 bridgehead atoms. The quantitative estimate of drug-likeness (QED) is 0.780. The zero-order valence-electron chi connectivity index (χ0n) is 9.03. The van der Waals surface area contributed by atoms with Gasteiger partial charge in [0.25, 0.3) is 15.6 Å². The first-order valence-electron chi connectivity index (χ1n) is 4.89. The molecule has 0 unspecified atom stereocenters. The maximum atomic E-state index is 11.9. The maximum absolute atomic E-state index is 11.9. The maximum Gasteiger partial charge on any atom is 0.348 e. The van der Waals surface area contributed by atoms with Crippen LogP contribution in [0.1, 0.15) is 0 Å². The van der Waals surface area contributed by atoms with E-state index in [4.69, 9.17) is 0 Å². The molecule has 0 saturated heterocycles. The van der Waals surface area contributed by atoms with Gasteiger partial charge in [-0.25, -0.2) is 9.63 Å². The molecular formula is C10H9N3O4S. The highest BCUT2D eigenvalue weighted by atomic mass is 32.2. The average molecular weight is 267 g/mol. The van der Waals surface area contributed by atoms with E-state index >= 15 is 0 Å². The Labute approximate surface area is 102 Å².